The molecule has 0 radical (unpaired) electrons. The van der Waals surface area contributed by atoms with Gasteiger partial charge in [0.15, 0.2) is 11.2 Å². The number of aryl methyl sites for hydroxylation is 2. The lowest BCUT2D eigenvalue weighted by molar-refractivity contribution is 0.602. The van der Waals surface area contributed by atoms with Gasteiger partial charge in [-0.1, -0.05) is 26.7 Å². The second-order valence-corrected chi connectivity index (χ2v) is 8.06. The quantitative estimate of drug-likeness (QED) is 0.399. The number of hydrogen-bond acceptors (Lipinski definition) is 7. The first-order valence-electron chi connectivity index (χ1n) is 11.3. The summed E-state index contributed by atoms with van der Waals surface area (Å²) in [6, 6.07) is 0. The molecule has 180 valence electrons. The summed E-state index contributed by atoms with van der Waals surface area (Å²) < 4.78 is 4.55. The predicted molar refractivity (Wildman–Crippen MR) is 128 cm³/mol. The SMILES string of the molecule is CCCCn1c(N)c(N(C)Cc2nc3c(c(=O)[nH]c(=O)n3CCCC)n2CC)c(=O)[nH]c1=O. The average molecular weight is 461 g/mol. The highest BCUT2D eigenvalue weighted by Gasteiger charge is 2.21. The number of anilines is 2. The van der Waals surface area contributed by atoms with E-state index in [1.54, 1.807) is 16.5 Å². The third-order valence-corrected chi connectivity index (χ3v) is 5.73. The normalized spacial score (nSPS) is 11.4. The van der Waals surface area contributed by atoms with Crippen LogP contribution in [-0.2, 0) is 26.2 Å². The number of nitrogens with one attached hydrogen (secondary N) is 2. The Morgan fingerprint density at radius 1 is 0.879 bits per heavy atom. The number of imidazole rings is 1. The second kappa shape index (κ2) is 9.92. The molecule has 0 aliphatic carbocycles. The molecule has 0 saturated carbocycles. The summed E-state index contributed by atoms with van der Waals surface area (Å²) in [4.78, 5) is 60.8. The van der Waals surface area contributed by atoms with Gasteiger partial charge in [-0.15, -0.1) is 0 Å². The van der Waals surface area contributed by atoms with Gasteiger partial charge in [0.25, 0.3) is 11.1 Å². The maximum Gasteiger partial charge on any atom is 0.330 e. The molecule has 3 rings (SSSR count). The second-order valence-electron chi connectivity index (χ2n) is 8.06. The van der Waals surface area contributed by atoms with Gasteiger partial charge in [-0.05, 0) is 19.8 Å². The van der Waals surface area contributed by atoms with Crippen molar-refractivity contribution in [2.45, 2.75) is 72.6 Å². The molecule has 12 nitrogen and oxygen atoms in total. The molecule has 12 heteroatoms. The maximum absolute atomic E-state index is 12.6. The fourth-order valence-electron chi connectivity index (χ4n) is 3.98. The molecule has 3 aromatic heterocycles. The fourth-order valence-corrected chi connectivity index (χ4v) is 3.98. The zero-order valence-corrected chi connectivity index (χ0v) is 19.6. The van der Waals surface area contributed by atoms with Crippen LogP contribution >= 0.6 is 0 Å². The lowest BCUT2D eigenvalue weighted by atomic mass is 10.3. The number of nitrogens with two attached hydrogens (primary N) is 1. The molecule has 0 aliphatic rings. The Labute approximate surface area is 189 Å². The molecular weight excluding hydrogens is 428 g/mol. The van der Waals surface area contributed by atoms with E-state index in [4.69, 9.17) is 5.73 Å². The minimum atomic E-state index is -0.593. The molecule has 0 saturated heterocycles. The zero-order chi connectivity index (χ0) is 24.3. The van der Waals surface area contributed by atoms with Gasteiger partial charge in [0.1, 0.15) is 17.3 Å². The molecule has 0 bridgehead atoms. The number of rotatable bonds is 10. The lowest BCUT2D eigenvalue weighted by Crippen LogP contribution is -2.37. The van der Waals surface area contributed by atoms with Crippen LogP contribution in [0.3, 0.4) is 0 Å². The number of unbranched alkanes of at least 4 members (excludes halogenated alkanes) is 2. The van der Waals surface area contributed by atoms with Crippen molar-refractivity contribution in [1.29, 1.82) is 0 Å². The summed E-state index contributed by atoms with van der Waals surface area (Å²) in [5.41, 5.74) is 4.86. The van der Waals surface area contributed by atoms with Gasteiger partial charge in [0, 0.05) is 26.7 Å². The standard InChI is InChI=1S/C21H32N8O4/c1-5-8-10-28-16(22)14(18(30)24-20(28)32)26(4)12-13-23-17-15(27(13)7-3)19(31)25-21(33)29(17)11-9-6-2/h5-12,22H2,1-4H3,(H,24,30,32)(H,25,31,33). The highest BCUT2D eigenvalue weighted by Crippen LogP contribution is 2.20. The van der Waals surface area contributed by atoms with Gasteiger partial charge in [-0.3, -0.25) is 28.7 Å². The first kappa shape index (κ1) is 24.1. The van der Waals surface area contributed by atoms with E-state index in [-0.39, 0.29) is 18.1 Å². The van der Waals surface area contributed by atoms with Crippen LogP contribution in [0.25, 0.3) is 11.2 Å². The third kappa shape index (κ3) is 4.50. The maximum atomic E-state index is 12.6. The van der Waals surface area contributed by atoms with Crippen molar-refractivity contribution in [3.8, 4) is 0 Å². The smallest absolute Gasteiger partial charge is 0.330 e. The number of hydrogen-bond donors (Lipinski definition) is 3. The Morgan fingerprint density at radius 3 is 2.06 bits per heavy atom. The molecule has 33 heavy (non-hydrogen) atoms. The zero-order valence-electron chi connectivity index (χ0n) is 19.6. The van der Waals surface area contributed by atoms with E-state index in [2.05, 4.69) is 15.0 Å². The van der Waals surface area contributed by atoms with Crippen molar-refractivity contribution in [3.05, 3.63) is 47.5 Å². The van der Waals surface area contributed by atoms with Crippen LogP contribution in [0, 0.1) is 0 Å². The highest BCUT2D eigenvalue weighted by atomic mass is 16.2. The molecule has 0 fully saturated rings. The summed E-state index contributed by atoms with van der Waals surface area (Å²) in [5.74, 6) is 0.581. The number of aromatic nitrogens is 6. The molecule has 0 spiro atoms. The number of nitrogens with zero attached hydrogens (tertiary/aromatic N) is 5. The van der Waals surface area contributed by atoms with Crippen LogP contribution < -0.4 is 33.1 Å². The molecule has 4 N–H and O–H groups in total. The molecule has 3 aromatic rings. The fraction of sp³-hybridized carbons (Fsp3) is 0.571. The Kier molecular flexibility index (Phi) is 7.24. The summed E-state index contributed by atoms with van der Waals surface area (Å²) >= 11 is 0. The predicted octanol–water partition coefficient (Wildman–Crippen LogP) is 0.575. The van der Waals surface area contributed by atoms with Crippen molar-refractivity contribution < 1.29 is 0 Å². The van der Waals surface area contributed by atoms with Crippen LogP contribution in [0.1, 0.15) is 52.3 Å². The van der Waals surface area contributed by atoms with E-state index >= 15 is 0 Å². The molecule has 0 aromatic carbocycles. The van der Waals surface area contributed by atoms with Gasteiger partial charge in [0.2, 0.25) is 0 Å². The van der Waals surface area contributed by atoms with Gasteiger partial charge in [-0.25, -0.2) is 14.6 Å². The van der Waals surface area contributed by atoms with Crippen LogP contribution in [0.5, 0.6) is 0 Å². The summed E-state index contributed by atoms with van der Waals surface area (Å²) in [6.07, 6.45) is 3.25. The first-order chi connectivity index (χ1) is 15.7. The summed E-state index contributed by atoms with van der Waals surface area (Å²) in [7, 11) is 1.67. The van der Waals surface area contributed by atoms with Crippen molar-refractivity contribution in [2.75, 3.05) is 17.7 Å². The molecular formula is C21H32N8O4. The Balaban J connectivity index is 2.11. The average Bonchev–Trinajstić information content (AvgIpc) is 3.11. The number of fused-ring (bicyclic) bond motifs is 1. The van der Waals surface area contributed by atoms with E-state index in [0.29, 0.717) is 36.6 Å². The van der Waals surface area contributed by atoms with Crippen LogP contribution in [0.4, 0.5) is 11.5 Å². The third-order valence-electron chi connectivity index (χ3n) is 5.73. The van der Waals surface area contributed by atoms with Crippen LogP contribution in [0.2, 0.25) is 0 Å². The molecule has 0 unspecified atom stereocenters. The number of nitrogen functional groups attached to an aromatic ring is 1. The van der Waals surface area contributed by atoms with Gasteiger partial charge < -0.3 is 15.2 Å². The highest BCUT2D eigenvalue weighted by molar-refractivity contribution is 5.71. The van der Waals surface area contributed by atoms with Gasteiger partial charge in [0.05, 0.1) is 6.54 Å². The minimum Gasteiger partial charge on any atom is -0.383 e. The van der Waals surface area contributed by atoms with Crippen molar-refractivity contribution >= 4 is 22.7 Å². The molecule has 0 atom stereocenters. The minimum absolute atomic E-state index is 0.0801. The lowest BCUT2D eigenvalue weighted by Gasteiger charge is -2.21. The summed E-state index contributed by atoms with van der Waals surface area (Å²) in [5, 5.41) is 0. The summed E-state index contributed by atoms with van der Waals surface area (Å²) in [6.45, 7) is 7.30. The van der Waals surface area contributed by atoms with Crippen molar-refractivity contribution in [2.24, 2.45) is 0 Å². The molecule has 0 amide bonds. The Hall–Kier alpha value is -3.57. The number of H-pyrrole nitrogens is 2. The van der Waals surface area contributed by atoms with E-state index in [1.165, 1.54) is 9.13 Å². The van der Waals surface area contributed by atoms with E-state index < -0.39 is 22.5 Å². The first-order valence-corrected chi connectivity index (χ1v) is 11.3. The van der Waals surface area contributed by atoms with Gasteiger partial charge >= 0.3 is 11.4 Å². The monoisotopic (exact) mass is 460 g/mol. The Bertz CT molecular complexity index is 1370. The molecule has 0 aliphatic heterocycles. The van der Waals surface area contributed by atoms with E-state index in [0.717, 1.165) is 25.7 Å². The number of aromatic amines is 2. The van der Waals surface area contributed by atoms with Crippen molar-refractivity contribution in [3.63, 3.8) is 0 Å². The van der Waals surface area contributed by atoms with Crippen LogP contribution in [0.15, 0.2) is 19.2 Å². The van der Waals surface area contributed by atoms with E-state index in [1.807, 2.05) is 20.8 Å². The van der Waals surface area contributed by atoms with Crippen molar-refractivity contribution in [1.82, 2.24) is 28.7 Å². The van der Waals surface area contributed by atoms with Gasteiger partial charge in [-0.2, -0.15) is 0 Å². The largest absolute Gasteiger partial charge is 0.383 e. The van der Waals surface area contributed by atoms with E-state index in [9.17, 15) is 19.2 Å². The topological polar surface area (TPSA) is 157 Å². The van der Waals surface area contributed by atoms with Crippen LogP contribution in [-0.4, -0.2) is 35.7 Å². The molecule has 3 heterocycles. The Morgan fingerprint density at radius 2 is 1.45 bits per heavy atom.